The summed E-state index contributed by atoms with van der Waals surface area (Å²) in [4.78, 5) is 16.5. The molecule has 144 valence electrons. The standard InChI is InChI=1S/C16H27N3O.CH4O3S/c1-10-9-12(18-15(3,4)5)17-14(13(10)11(2)20)19-16(6,7)8;1-5(2,3)4/h9H,1-8H3,(H2,17,18,19);1H3,(H,2,3,4). The molecule has 0 bridgehead atoms. The highest BCUT2D eigenvalue weighted by atomic mass is 32.2. The Balaban J connectivity index is 0.00000101. The fourth-order valence-electron chi connectivity index (χ4n) is 2.01. The summed E-state index contributed by atoms with van der Waals surface area (Å²) in [5.41, 5.74) is 1.38. The molecule has 7 nitrogen and oxygen atoms in total. The normalized spacial score (nSPS) is 12.1. The van der Waals surface area contributed by atoms with Crippen LogP contribution in [0, 0.1) is 6.92 Å². The number of pyridine rings is 1. The number of rotatable bonds is 3. The first-order chi connectivity index (χ1) is 10.9. The fraction of sp³-hybridized carbons (Fsp3) is 0.647. The van der Waals surface area contributed by atoms with Crippen LogP contribution in [-0.4, -0.2) is 41.1 Å². The lowest BCUT2D eigenvalue weighted by atomic mass is 10.0. The minimum atomic E-state index is -3.67. The number of nitrogens with zero attached hydrogens (tertiary/aromatic N) is 1. The van der Waals surface area contributed by atoms with Crippen molar-refractivity contribution in [2.24, 2.45) is 0 Å². The lowest BCUT2D eigenvalue weighted by Gasteiger charge is -2.26. The zero-order valence-corrected chi connectivity index (χ0v) is 17.4. The Morgan fingerprint density at radius 3 is 1.80 bits per heavy atom. The summed E-state index contributed by atoms with van der Waals surface area (Å²) in [6, 6.07) is 1.93. The topological polar surface area (TPSA) is 108 Å². The largest absolute Gasteiger partial charge is 0.365 e. The van der Waals surface area contributed by atoms with Gasteiger partial charge < -0.3 is 10.6 Å². The van der Waals surface area contributed by atoms with Crippen molar-refractivity contribution < 1.29 is 17.8 Å². The first-order valence-electron chi connectivity index (χ1n) is 7.90. The molecule has 0 amide bonds. The molecule has 1 rings (SSSR count). The van der Waals surface area contributed by atoms with Gasteiger partial charge >= 0.3 is 0 Å². The first kappa shape index (κ1) is 23.3. The summed E-state index contributed by atoms with van der Waals surface area (Å²) >= 11 is 0. The Labute approximate surface area is 151 Å². The van der Waals surface area contributed by atoms with Gasteiger partial charge in [0.25, 0.3) is 10.1 Å². The van der Waals surface area contributed by atoms with Gasteiger partial charge in [-0.1, -0.05) is 0 Å². The van der Waals surface area contributed by atoms with Gasteiger partial charge in [-0.25, -0.2) is 4.98 Å². The van der Waals surface area contributed by atoms with Crippen molar-refractivity contribution >= 4 is 27.5 Å². The molecule has 8 heteroatoms. The molecule has 0 aliphatic heterocycles. The van der Waals surface area contributed by atoms with Gasteiger partial charge in [0.2, 0.25) is 0 Å². The van der Waals surface area contributed by atoms with Gasteiger partial charge in [-0.05, 0) is 67.0 Å². The molecule has 0 aliphatic carbocycles. The van der Waals surface area contributed by atoms with Crippen LogP contribution in [0.25, 0.3) is 0 Å². The number of aromatic nitrogens is 1. The van der Waals surface area contributed by atoms with E-state index >= 15 is 0 Å². The van der Waals surface area contributed by atoms with Crippen molar-refractivity contribution in [1.29, 1.82) is 0 Å². The molecule has 0 fully saturated rings. The van der Waals surface area contributed by atoms with Gasteiger partial charge in [0.1, 0.15) is 11.6 Å². The van der Waals surface area contributed by atoms with Crippen molar-refractivity contribution in [3.05, 3.63) is 17.2 Å². The van der Waals surface area contributed by atoms with Crippen LogP contribution in [0.1, 0.15) is 64.4 Å². The Kier molecular flexibility index (Phi) is 7.60. The van der Waals surface area contributed by atoms with Crippen LogP contribution in [0.2, 0.25) is 0 Å². The maximum Gasteiger partial charge on any atom is 0.261 e. The minimum absolute atomic E-state index is 0.0315. The first-order valence-corrected chi connectivity index (χ1v) is 9.75. The van der Waals surface area contributed by atoms with E-state index in [0.29, 0.717) is 17.6 Å². The lowest BCUT2D eigenvalue weighted by Crippen LogP contribution is -2.30. The molecular weight excluding hydrogens is 342 g/mol. The Morgan fingerprint density at radius 2 is 1.48 bits per heavy atom. The molecule has 1 aromatic heterocycles. The Morgan fingerprint density at radius 1 is 1.08 bits per heavy atom. The quantitative estimate of drug-likeness (QED) is 0.549. The van der Waals surface area contributed by atoms with Crippen LogP contribution in [-0.2, 0) is 10.1 Å². The summed E-state index contributed by atoms with van der Waals surface area (Å²) < 4.78 is 25.9. The zero-order valence-electron chi connectivity index (χ0n) is 16.6. The molecule has 1 aromatic rings. The summed E-state index contributed by atoms with van der Waals surface area (Å²) in [5.74, 6) is 1.47. The van der Waals surface area contributed by atoms with Crippen LogP contribution in [0.15, 0.2) is 6.07 Å². The third-order valence-electron chi connectivity index (χ3n) is 2.57. The number of hydrogen-bond donors (Lipinski definition) is 3. The monoisotopic (exact) mass is 373 g/mol. The third kappa shape index (κ3) is 11.5. The van der Waals surface area contributed by atoms with E-state index in [1.165, 1.54) is 0 Å². The maximum atomic E-state index is 11.9. The Hall–Kier alpha value is -1.67. The van der Waals surface area contributed by atoms with Gasteiger partial charge in [-0.2, -0.15) is 8.42 Å². The van der Waals surface area contributed by atoms with Gasteiger partial charge in [0.15, 0.2) is 5.78 Å². The molecule has 0 saturated heterocycles. The van der Waals surface area contributed by atoms with E-state index in [1.807, 2.05) is 13.0 Å². The highest BCUT2D eigenvalue weighted by Crippen LogP contribution is 2.26. The number of aryl methyl sites for hydroxylation is 1. The molecule has 3 N–H and O–H groups in total. The zero-order chi connectivity index (χ0) is 20.2. The van der Waals surface area contributed by atoms with Gasteiger partial charge in [0, 0.05) is 11.1 Å². The van der Waals surface area contributed by atoms with Gasteiger partial charge in [-0.3, -0.25) is 9.35 Å². The summed E-state index contributed by atoms with van der Waals surface area (Å²) in [6.45, 7) is 15.9. The fourth-order valence-corrected chi connectivity index (χ4v) is 2.01. The maximum absolute atomic E-state index is 11.9. The number of carbonyl (C=O) groups is 1. The number of ketones is 1. The average molecular weight is 374 g/mol. The second-order valence-electron chi connectivity index (χ2n) is 8.09. The summed E-state index contributed by atoms with van der Waals surface area (Å²) in [6.07, 6.45) is 0.715. The average Bonchev–Trinajstić information content (AvgIpc) is 2.18. The number of nitrogens with one attached hydrogen (secondary N) is 2. The highest BCUT2D eigenvalue weighted by molar-refractivity contribution is 7.85. The summed E-state index contributed by atoms with van der Waals surface area (Å²) in [7, 11) is -3.67. The number of carbonyl (C=O) groups excluding carboxylic acids is 1. The van der Waals surface area contributed by atoms with Crippen molar-refractivity contribution in [3.8, 4) is 0 Å². The second kappa shape index (κ2) is 8.14. The smallest absolute Gasteiger partial charge is 0.261 e. The van der Waals surface area contributed by atoms with E-state index in [2.05, 4.69) is 57.2 Å². The molecule has 0 aliphatic rings. The number of Topliss-reactive ketones (excluding diaryl/α,β-unsaturated/α-hetero) is 1. The third-order valence-corrected chi connectivity index (χ3v) is 2.57. The molecule has 0 saturated carbocycles. The molecule has 1 heterocycles. The molecule has 0 spiro atoms. The molecule has 0 unspecified atom stereocenters. The predicted octanol–water partition coefficient (Wildman–Crippen LogP) is 3.52. The molecule has 0 radical (unpaired) electrons. The minimum Gasteiger partial charge on any atom is -0.365 e. The van der Waals surface area contributed by atoms with Gasteiger partial charge in [0.05, 0.1) is 11.8 Å². The highest BCUT2D eigenvalue weighted by Gasteiger charge is 2.20. The predicted molar refractivity (Wildman–Crippen MR) is 103 cm³/mol. The van der Waals surface area contributed by atoms with E-state index in [-0.39, 0.29) is 16.9 Å². The van der Waals surface area contributed by atoms with Crippen molar-refractivity contribution in [1.82, 2.24) is 4.98 Å². The van der Waals surface area contributed by atoms with Crippen LogP contribution < -0.4 is 10.6 Å². The molecular formula is C17H31N3O4S. The van der Waals surface area contributed by atoms with Crippen LogP contribution in [0.3, 0.4) is 0 Å². The van der Waals surface area contributed by atoms with E-state index < -0.39 is 10.1 Å². The van der Waals surface area contributed by atoms with E-state index in [9.17, 15) is 13.2 Å². The lowest BCUT2D eigenvalue weighted by molar-refractivity contribution is 0.101. The summed E-state index contributed by atoms with van der Waals surface area (Å²) in [5, 5.41) is 6.68. The van der Waals surface area contributed by atoms with E-state index in [1.54, 1.807) is 6.92 Å². The van der Waals surface area contributed by atoms with Crippen LogP contribution in [0.4, 0.5) is 11.6 Å². The van der Waals surface area contributed by atoms with E-state index in [4.69, 9.17) is 4.55 Å². The molecule has 0 atom stereocenters. The number of hydrogen-bond acceptors (Lipinski definition) is 6. The van der Waals surface area contributed by atoms with Crippen LogP contribution in [0.5, 0.6) is 0 Å². The van der Waals surface area contributed by atoms with Crippen molar-refractivity contribution in [3.63, 3.8) is 0 Å². The molecule has 25 heavy (non-hydrogen) atoms. The SMILES string of the molecule is CC(=O)c1c(C)cc(NC(C)(C)C)nc1NC(C)(C)C.CS(=O)(=O)O. The van der Waals surface area contributed by atoms with Crippen LogP contribution >= 0.6 is 0 Å². The second-order valence-corrected chi connectivity index (χ2v) is 9.55. The van der Waals surface area contributed by atoms with E-state index in [0.717, 1.165) is 11.4 Å². The van der Waals surface area contributed by atoms with Gasteiger partial charge in [-0.15, -0.1) is 0 Å². The Bertz CT molecular complexity index is 707. The van der Waals surface area contributed by atoms with Crippen molar-refractivity contribution in [2.75, 3.05) is 16.9 Å². The molecule has 0 aromatic carbocycles. The number of anilines is 2. The van der Waals surface area contributed by atoms with Crippen molar-refractivity contribution in [2.45, 2.75) is 66.5 Å².